The zero-order valence-electron chi connectivity index (χ0n) is 11.2. The van der Waals surface area contributed by atoms with Crippen LogP contribution in [0.25, 0.3) is 6.08 Å². The van der Waals surface area contributed by atoms with Gasteiger partial charge in [0.2, 0.25) is 5.91 Å². The van der Waals surface area contributed by atoms with Gasteiger partial charge in [-0.2, -0.15) is 0 Å². The number of carbonyl (C=O) groups is 1. The first-order chi connectivity index (χ1) is 9.15. The van der Waals surface area contributed by atoms with Crippen LogP contribution in [0.15, 0.2) is 34.8 Å². The van der Waals surface area contributed by atoms with Gasteiger partial charge in [-0.05, 0) is 37.0 Å². The Morgan fingerprint density at radius 1 is 1.32 bits per heavy atom. The summed E-state index contributed by atoms with van der Waals surface area (Å²) in [7, 11) is 1.80. The Hall–Kier alpha value is -1.13. The number of benzene rings is 1. The van der Waals surface area contributed by atoms with Crippen molar-refractivity contribution >= 4 is 27.9 Å². The molecule has 0 aliphatic heterocycles. The van der Waals surface area contributed by atoms with E-state index in [0.29, 0.717) is 0 Å². The number of carbonyl (C=O) groups excluding carboxylic acids is 1. The predicted octanol–water partition coefficient (Wildman–Crippen LogP) is 3.08. The van der Waals surface area contributed by atoms with Crippen molar-refractivity contribution in [2.45, 2.75) is 19.3 Å². The van der Waals surface area contributed by atoms with Gasteiger partial charge in [-0.25, -0.2) is 0 Å². The molecule has 1 aromatic rings. The molecule has 0 aliphatic rings. The molecule has 3 nitrogen and oxygen atoms in total. The number of rotatable bonds is 7. The molecule has 1 rings (SSSR count). The van der Waals surface area contributed by atoms with E-state index in [1.54, 1.807) is 18.0 Å². The summed E-state index contributed by atoms with van der Waals surface area (Å²) in [6.07, 6.45) is 6.07. The van der Waals surface area contributed by atoms with Gasteiger partial charge in [0.25, 0.3) is 0 Å². The fraction of sp³-hybridized carbons (Fsp3) is 0.400. The Bertz CT molecular complexity index is 432. The average molecular weight is 326 g/mol. The Morgan fingerprint density at radius 2 is 2.05 bits per heavy atom. The maximum Gasteiger partial charge on any atom is 0.246 e. The van der Waals surface area contributed by atoms with Crippen molar-refractivity contribution < 1.29 is 9.90 Å². The molecule has 0 bridgehead atoms. The van der Waals surface area contributed by atoms with E-state index in [0.717, 1.165) is 35.8 Å². The number of aliphatic hydroxyl groups excluding tert-OH is 1. The second-order valence-corrected chi connectivity index (χ2v) is 5.25. The van der Waals surface area contributed by atoms with E-state index in [9.17, 15) is 4.79 Å². The molecule has 0 atom stereocenters. The van der Waals surface area contributed by atoms with E-state index in [4.69, 9.17) is 5.11 Å². The molecule has 4 heteroatoms. The van der Waals surface area contributed by atoms with Gasteiger partial charge >= 0.3 is 0 Å². The fourth-order valence-electron chi connectivity index (χ4n) is 1.65. The van der Waals surface area contributed by atoms with E-state index in [-0.39, 0.29) is 12.5 Å². The number of halogens is 1. The lowest BCUT2D eigenvalue weighted by atomic mass is 10.2. The molecule has 0 saturated heterocycles. The molecule has 1 N–H and O–H groups in total. The first kappa shape index (κ1) is 15.9. The normalized spacial score (nSPS) is 10.9. The van der Waals surface area contributed by atoms with Crippen LogP contribution in [0.2, 0.25) is 0 Å². The summed E-state index contributed by atoms with van der Waals surface area (Å²) in [6, 6.07) is 7.78. The molecule has 0 unspecified atom stereocenters. The van der Waals surface area contributed by atoms with Crippen molar-refractivity contribution in [1.82, 2.24) is 4.90 Å². The van der Waals surface area contributed by atoms with E-state index in [2.05, 4.69) is 15.9 Å². The number of hydrogen-bond donors (Lipinski definition) is 1. The van der Waals surface area contributed by atoms with Gasteiger partial charge < -0.3 is 10.0 Å². The second-order valence-electron chi connectivity index (χ2n) is 4.40. The van der Waals surface area contributed by atoms with E-state index in [1.165, 1.54) is 0 Å². The van der Waals surface area contributed by atoms with Gasteiger partial charge in [-0.15, -0.1) is 0 Å². The Balaban J connectivity index is 2.43. The highest BCUT2D eigenvalue weighted by atomic mass is 79.9. The average Bonchev–Trinajstić information content (AvgIpc) is 2.42. The SMILES string of the molecule is CN(CCCCCO)C(=O)/C=C/c1ccccc1Br. The second kappa shape index (κ2) is 8.88. The van der Waals surface area contributed by atoms with Gasteiger partial charge in [0, 0.05) is 30.7 Å². The van der Waals surface area contributed by atoms with Crippen molar-refractivity contribution in [3.63, 3.8) is 0 Å². The monoisotopic (exact) mass is 325 g/mol. The predicted molar refractivity (Wildman–Crippen MR) is 81.7 cm³/mol. The topological polar surface area (TPSA) is 40.5 Å². The van der Waals surface area contributed by atoms with Crippen LogP contribution < -0.4 is 0 Å². The highest BCUT2D eigenvalue weighted by Gasteiger charge is 2.04. The van der Waals surface area contributed by atoms with Gasteiger partial charge in [0.05, 0.1) is 0 Å². The van der Waals surface area contributed by atoms with E-state index in [1.807, 2.05) is 30.3 Å². The Labute approximate surface area is 123 Å². The number of hydrogen-bond acceptors (Lipinski definition) is 2. The third-order valence-corrected chi connectivity index (χ3v) is 3.56. The standard InChI is InChI=1S/C15H20BrNO2/c1-17(11-5-2-6-12-18)15(19)10-9-13-7-3-4-8-14(13)16/h3-4,7-10,18H,2,5-6,11-12H2,1H3/b10-9+. The lowest BCUT2D eigenvalue weighted by Gasteiger charge is -2.14. The minimum absolute atomic E-state index is 0.000230. The first-order valence-corrected chi connectivity index (χ1v) is 7.23. The summed E-state index contributed by atoms with van der Waals surface area (Å²) in [5.74, 6) is -0.000230. The van der Waals surface area contributed by atoms with Crippen LogP contribution in [0.1, 0.15) is 24.8 Å². The van der Waals surface area contributed by atoms with Gasteiger partial charge in [-0.3, -0.25) is 4.79 Å². The molecule has 0 aliphatic carbocycles. The van der Waals surface area contributed by atoms with Gasteiger partial charge in [0.15, 0.2) is 0 Å². The highest BCUT2D eigenvalue weighted by Crippen LogP contribution is 2.17. The molecular formula is C15H20BrNO2. The summed E-state index contributed by atoms with van der Waals surface area (Å²) in [6.45, 7) is 0.943. The van der Waals surface area contributed by atoms with Gasteiger partial charge in [-0.1, -0.05) is 34.1 Å². The smallest absolute Gasteiger partial charge is 0.246 e. The van der Waals surface area contributed by atoms with Crippen LogP contribution in [0.5, 0.6) is 0 Å². The third-order valence-electron chi connectivity index (χ3n) is 2.84. The summed E-state index contributed by atoms with van der Waals surface area (Å²) >= 11 is 3.44. The lowest BCUT2D eigenvalue weighted by molar-refractivity contribution is -0.124. The summed E-state index contributed by atoms with van der Waals surface area (Å²) in [5.41, 5.74) is 0.990. The summed E-state index contributed by atoms with van der Waals surface area (Å²) < 4.78 is 0.977. The molecule has 1 aromatic carbocycles. The number of unbranched alkanes of at least 4 members (excludes halogenated alkanes) is 2. The van der Waals surface area contributed by atoms with Crippen molar-refractivity contribution in [1.29, 1.82) is 0 Å². The molecule has 0 heterocycles. The van der Waals surface area contributed by atoms with Crippen molar-refractivity contribution in [2.75, 3.05) is 20.2 Å². The number of nitrogens with zero attached hydrogens (tertiary/aromatic N) is 1. The minimum Gasteiger partial charge on any atom is -0.396 e. The molecule has 0 aromatic heterocycles. The molecular weight excluding hydrogens is 306 g/mol. The van der Waals surface area contributed by atoms with E-state index < -0.39 is 0 Å². The Kier molecular flexibility index (Phi) is 7.45. The number of likely N-dealkylation sites (N-methyl/N-ethyl adjacent to an activating group) is 1. The van der Waals surface area contributed by atoms with Crippen LogP contribution in [-0.4, -0.2) is 36.1 Å². The fourth-order valence-corrected chi connectivity index (χ4v) is 2.06. The molecule has 0 fully saturated rings. The zero-order valence-corrected chi connectivity index (χ0v) is 12.8. The van der Waals surface area contributed by atoms with Crippen molar-refractivity contribution in [2.24, 2.45) is 0 Å². The van der Waals surface area contributed by atoms with Crippen molar-refractivity contribution in [3.8, 4) is 0 Å². The van der Waals surface area contributed by atoms with Crippen LogP contribution in [-0.2, 0) is 4.79 Å². The van der Waals surface area contributed by atoms with Crippen LogP contribution >= 0.6 is 15.9 Å². The Morgan fingerprint density at radius 3 is 2.74 bits per heavy atom. The zero-order chi connectivity index (χ0) is 14.1. The molecule has 1 amide bonds. The molecule has 104 valence electrons. The first-order valence-electron chi connectivity index (χ1n) is 6.43. The third kappa shape index (κ3) is 6.03. The number of amides is 1. The summed E-state index contributed by atoms with van der Waals surface area (Å²) in [5, 5.41) is 8.68. The quantitative estimate of drug-likeness (QED) is 0.618. The molecule has 19 heavy (non-hydrogen) atoms. The summed E-state index contributed by atoms with van der Waals surface area (Å²) in [4.78, 5) is 13.6. The van der Waals surface area contributed by atoms with E-state index >= 15 is 0 Å². The molecule has 0 saturated carbocycles. The highest BCUT2D eigenvalue weighted by molar-refractivity contribution is 9.10. The minimum atomic E-state index is -0.000230. The number of aliphatic hydroxyl groups is 1. The molecule has 0 spiro atoms. The largest absolute Gasteiger partial charge is 0.396 e. The lowest BCUT2D eigenvalue weighted by Crippen LogP contribution is -2.25. The maximum absolute atomic E-state index is 11.9. The van der Waals surface area contributed by atoms with Gasteiger partial charge in [0.1, 0.15) is 0 Å². The van der Waals surface area contributed by atoms with Crippen LogP contribution in [0, 0.1) is 0 Å². The maximum atomic E-state index is 11.9. The van der Waals surface area contributed by atoms with Crippen molar-refractivity contribution in [3.05, 3.63) is 40.4 Å². The van der Waals surface area contributed by atoms with Crippen LogP contribution in [0.4, 0.5) is 0 Å². The molecule has 0 radical (unpaired) electrons. The van der Waals surface area contributed by atoms with Crippen LogP contribution in [0.3, 0.4) is 0 Å².